The van der Waals surface area contributed by atoms with Gasteiger partial charge < -0.3 is 5.32 Å². The minimum atomic E-state index is 0.229. The van der Waals surface area contributed by atoms with Crippen LogP contribution in [-0.2, 0) is 0 Å². The highest BCUT2D eigenvalue weighted by Gasteiger charge is 2.30. The first-order chi connectivity index (χ1) is 7.20. The molecule has 5 heteroatoms. The van der Waals surface area contributed by atoms with Gasteiger partial charge in [0.2, 0.25) is 5.28 Å². The molecule has 1 aromatic rings. The Labute approximate surface area is 99.2 Å². The van der Waals surface area contributed by atoms with Crippen molar-refractivity contribution in [3.63, 3.8) is 0 Å². The van der Waals surface area contributed by atoms with Crippen molar-refractivity contribution in [3.8, 4) is 0 Å². The van der Waals surface area contributed by atoms with Gasteiger partial charge in [0.15, 0.2) is 0 Å². The van der Waals surface area contributed by atoms with Crippen LogP contribution in [0.2, 0.25) is 10.3 Å². The highest BCUT2D eigenvalue weighted by molar-refractivity contribution is 6.33. The van der Waals surface area contributed by atoms with E-state index in [2.05, 4.69) is 22.2 Å². The summed E-state index contributed by atoms with van der Waals surface area (Å²) in [7, 11) is 0. The summed E-state index contributed by atoms with van der Waals surface area (Å²) in [6.07, 6.45) is 5.19. The van der Waals surface area contributed by atoms with E-state index in [0.29, 0.717) is 16.9 Å². The monoisotopic (exact) mass is 245 g/mol. The summed E-state index contributed by atoms with van der Waals surface area (Å²) in [5.41, 5.74) is 0. The number of anilines is 1. The summed E-state index contributed by atoms with van der Waals surface area (Å²) in [4.78, 5) is 7.90. The third kappa shape index (κ3) is 2.73. The van der Waals surface area contributed by atoms with E-state index in [1.807, 2.05) is 0 Å². The van der Waals surface area contributed by atoms with Crippen LogP contribution < -0.4 is 5.32 Å². The highest BCUT2D eigenvalue weighted by Crippen LogP contribution is 2.36. The molecule has 82 valence electrons. The molecule has 0 saturated heterocycles. The van der Waals surface area contributed by atoms with Crippen LogP contribution in [0.3, 0.4) is 0 Å². The first kappa shape index (κ1) is 11.0. The Bertz CT molecular complexity index is 353. The van der Waals surface area contributed by atoms with Crippen molar-refractivity contribution in [1.29, 1.82) is 0 Å². The lowest BCUT2D eigenvalue weighted by atomic mass is 10.1. The van der Waals surface area contributed by atoms with Crippen molar-refractivity contribution in [2.24, 2.45) is 5.92 Å². The molecule has 1 unspecified atom stereocenters. The average Bonchev–Trinajstić information content (AvgIpc) is 3.03. The van der Waals surface area contributed by atoms with Crippen LogP contribution in [0.25, 0.3) is 0 Å². The SMILES string of the molecule is CCC(Nc1nc(Cl)ncc1Cl)C1CC1. The molecular formula is C10H13Cl2N3. The van der Waals surface area contributed by atoms with Gasteiger partial charge >= 0.3 is 0 Å². The minimum Gasteiger partial charge on any atom is -0.366 e. The van der Waals surface area contributed by atoms with E-state index in [4.69, 9.17) is 23.2 Å². The van der Waals surface area contributed by atoms with Crippen molar-refractivity contribution in [3.05, 3.63) is 16.5 Å². The maximum Gasteiger partial charge on any atom is 0.224 e. The minimum absolute atomic E-state index is 0.229. The Morgan fingerprint density at radius 2 is 2.27 bits per heavy atom. The van der Waals surface area contributed by atoms with E-state index in [9.17, 15) is 0 Å². The number of rotatable bonds is 4. The van der Waals surface area contributed by atoms with Gasteiger partial charge in [-0.05, 0) is 36.8 Å². The standard InChI is InChI=1S/C10H13Cl2N3/c1-2-8(6-3-4-6)14-9-7(11)5-13-10(12)15-9/h5-6,8H,2-4H2,1H3,(H,13,14,15). The highest BCUT2D eigenvalue weighted by atomic mass is 35.5. The van der Waals surface area contributed by atoms with Crippen LogP contribution >= 0.6 is 23.2 Å². The average molecular weight is 246 g/mol. The van der Waals surface area contributed by atoms with Crippen LogP contribution in [0.1, 0.15) is 26.2 Å². The normalized spacial score (nSPS) is 17.5. The largest absolute Gasteiger partial charge is 0.366 e. The van der Waals surface area contributed by atoms with E-state index < -0.39 is 0 Å². The van der Waals surface area contributed by atoms with Gasteiger partial charge in [-0.3, -0.25) is 0 Å². The predicted molar refractivity (Wildman–Crippen MR) is 62.5 cm³/mol. The van der Waals surface area contributed by atoms with Crippen LogP contribution in [0, 0.1) is 5.92 Å². The van der Waals surface area contributed by atoms with E-state index in [1.165, 1.54) is 19.0 Å². The second kappa shape index (κ2) is 4.54. The molecule has 1 atom stereocenters. The zero-order valence-electron chi connectivity index (χ0n) is 8.50. The van der Waals surface area contributed by atoms with Gasteiger partial charge in [-0.2, -0.15) is 4.98 Å². The second-order valence-corrected chi connectivity index (χ2v) is 4.58. The van der Waals surface area contributed by atoms with Crippen LogP contribution in [0.15, 0.2) is 6.20 Å². The summed E-state index contributed by atoms with van der Waals surface area (Å²) < 4.78 is 0. The zero-order chi connectivity index (χ0) is 10.8. The molecule has 0 bridgehead atoms. The Morgan fingerprint density at radius 3 is 2.87 bits per heavy atom. The maximum absolute atomic E-state index is 5.98. The first-order valence-corrected chi connectivity index (χ1v) is 5.91. The van der Waals surface area contributed by atoms with E-state index in [1.54, 1.807) is 0 Å². The molecule has 1 N–H and O–H groups in total. The van der Waals surface area contributed by atoms with Crippen molar-refractivity contribution >= 4 is 29.0 Å². The molecule has 0 aromatic carbocycles. The number of nitrogens with zero attached hydrogens (tertiary/aromatic N) is 2. The molecule has 1 aliphatic rings. The molecule has 1 aliphatic carbocycles. The first-order valence-electron chi connectivity index (χ1n) is 5.15. The smallest absolute Gasteiger partial charge is 0.224 e. The lowest BCUT2D eigenvalue weighted by Gasteiger charge is -2.17. The third-order valence-corrected chi connectivity index (χ3v) is 3.13. The van der Waals surface area contributed by atoms with Gasteiger partial charge in [0.1, 0.15) is 10.8 Å². The summed E-state index contributed by atoms with van der Waals surface area (Å²) in [6.45, 7) is 2.16. The number of aromatic nitrogens is 2. The Morgan fingerprint density at radius 1 is 1.53 bits per heavy atom. The molecule has 15 heavy (non-hydrogen) atoms. The molecule has 1 saturated carbocycles. The predicted octanol–water partition coefficient (Wildman–Crippen LogP) is 3.38. The quantitative estimate of drug-likeness (QED) is 0.827. The summed E-state index contributed by atoms with van der Waals surface area (Å²) >= 11 is 11.7. The molecule has 0 amide bonds. The molecule has 2 rings (SSSR count). The van der Waals surface area contributed by atoms with Crippen LogP contribution in [0.5, 0.6) is 0 Å². The maximum atomic E-state index is 5.98. The molecule has 0 radical (unpaired) electrons. The fourth-order valence-electron chi connectivity index (χ4n) is 1.67. The van der Waals surface area contributed by atoms with Gasteiger partial charge in [0.05, 0.1) is 6.20 Å². The molecule has 3 nitrogen and oxygen atoms in total. The topological polar surface area (TPSA) is 37.8 Å². The fraction of sp³-hybridized carbons (Fsp3) is 0.600. The van der Waals surface area contributed by atoms with Gasteiger partial charge in [-0.1, -0.05) is 18.5 Å². The summed E-state index contributed by atoms with van der Waals surface area (Å²) in [5, 5.41) is 4.09. The van der Waals surface area contributed by atoms with Crippen LogP contribution in [0.4, 0.5) is 5.82 Å². The van der Waals surface area contributed by atoms with Crippen molar-refractivity contribution < 1.29 is 0 Å². The number of halogens is 2. The molecule has 0 spiro atoms. The van der Waals surface area contributed by atoms with Crippen molar-refractivity contribution in [1.82, 2.24) is 9.97 Å². The second-order valence-electron chi connectivity index (χ2n) is 3.83. The number of nitrogens with one attached hydrogen (secondary N) is 1. The van der Waals surface area contributed by atoms with E-state index >= 15 is 0 Å². The van der Waals surface area contributed by atoms with Crippen LogP contribution in [-0.4, -0.2) is 16.0 Å². The summed E-state index contributed by atoms with van der Waals surface area (Å²) in [6, 6.07) is 0.452. The van der Waals surface area contributed by atoms with Gasteiger partial charge in [-0.15, -0.1) is 0 Å². The van der Waals surface area contributed by atoms with Gasteiger partial charge in [-0.25, -0.2) is 4.98 Å². The molecule has 1 fully saturated rings. The lowest BCUT2D eigenvalue weighted by Crippen LogP contribution is -2.21. The Balaban J connectivity index is 2.11. The number of hydrogen-bond donors (Lipinski definition) is 1. The molecule has 1 aromatic heterocycles. The molecule has 0 aliphatic heterocycles. The zero-order valence-corrected chi connectivity index (χ0v) is 10.0. The van der Waals surface area contributed by atoms with Gasteiger partial charge in [0.25, 0.3) is 0 Å². The van der Waals surface area contributed by atoms with Crippen molar-refractivity contribution in [2.75, 3.05) is 5.32 Å². The Kier molecular flexibility index (Phi) is 3.32. The van der Waals surface area contributed by atoms with E-state index in [0.717, 1.165) is 12.3 Å². The molecule has 1 heterocycles. The lowest BCUT2D eigenvalue weighted by molar-refractivity contribution is 0.614. The van der Waals surface area contributed by atoms with Crippen molar-refractivity contribution in [2.45, 2.75) is 32.2 Å². The van der Waals surface area contributed by atoms with Gasteiger partial charge in [0, 0.05) is 6.04 Å². The summed E-state index contributed by atoms with van der Waals surface area (Å²) in [5.74, 6) is 1.41. The Hall–Kier alpha value is -0.540. The molecular weight excluding hydrogens is 233 g/mol. The fourth-order valence-corrected chi connectivity index (χ4v) is 1.95. The third-order valence-electron chi connectivity index (χ3n) is 2.67. The number of hydrogen-bond acceptors (Lipinski definition) is 3. The van der Waals surface area contributed by atoms with E-state index in [-0.39, 0.29) is 5.28 Å².